The molecular formula is C56H100NO8P. The molecule has 0 aromatic rings. The van der Waals surface area contributed by atoms with Crippen LogP contribution in [-0.4, -0.2) is 70.0 Å². The number of phosphoric acid groups is 1. The zero-order valence-electron chi connectivity index (χ0n) is 43.1. The molecule has 382 valence electrons. The third-order valence-electron chi connectivity index (χ3n) is 11.2. The predicted octanol–water partition coefficient (Wildman–Crippen LogP) is 15.5. The lowest BCUT2D eigenvalue weighted by Crippen LogP contribution is -2.37. The fourth-order valence-corrected chi connectivity index (χ4v) is 7.82. The molecule has 0 N–H and O–H groups in total. The second-order valence-corrected chi connectivity index (χ2v) is 20.3. The molecular weight excluding hydrogens is 846 g/mol. The van der Waals surface area contributed by atoms with Crippen LogP contribution in [0.5, 0.6) is 0 Å². The second-order valence-electron chi connectivity index (χ2n) is 18.9. The minimum absolute atomic E-state index is 0.0352. The highest BCUT2D eigenvalue weighted by atomic mass is 31.2. The Hall–Kier alpha value is -2.55. The van der Waals surface area contributed by atoms with Crippen molar-refractivity contribution in [2.24, 2.45) is 0 Å². The molecule has 0 aromatic heterocycles. The maximum absolute atomic E-state index is 12.8. The van der Waals surface area contributed by atoms with Crippen molar-refractivity contribution < 1.29 is 42.1 Å². The van der Waals surface area contributed by atoms with Crippen molar-refractivity contribution in [3.8, 4) is 0 Å². The Morgan fingerprint density at radius 1 is 0.485 bits per heavy atom. The summed E-state index contributed by atoms with van der Waals surface area (Å²) in [6.45, 7) is 4.10. The summed E-state index contributed by atoms with van der Waals surface area (Å²) in [6, 6.07) is 0. The van der Waals surface area contributed by atoms with Gasteiger partial charge in [0, 0.05) is 12.8 Å². The fraction of sp³-hybridized carbons (Fsp3) is 0.750. The van der Waals surface area contributed by atoms with Crippen LogP contribution in [-0.2, 0) is 32.7 Å². The van der Waals surface area contributed by atoms with Crippen LogP contribution in [0, 0.1) is 0 Å². The lowest BCUT2D eigenvalue weighted by molar-refractivity contribution is -0.870. The van der Waals surface area contributed by atoms with Crippen LogP contribution in [0.3, 0.4) is 0 Å². The van der Waals surface area contributed by atoms with E-state index >= 15 is 0 Å². The maximum atomic E-state index is 12.8. The fourth-order valence-electron chi connectivity index (χ4n) is 7.09. The monoisotopic (exact) mass is 946 g/mol. The smallest absolute Gasteiger partial charge is 0.306 e. The number of rotatable bonds is 48. The van der Waals surface area contributed by atoms with E-state index in [0.717, 1.165) is 89.9 Å². The van der Waals surface area contributed by atoms with Gasteiger partial charge in [0.15, 0.2) is 6.10 Å². The molecule has 0 saturated heterocycles. The Balaban J connectivity index is 4.24. The third-order valence-corrected chi connectivity index (χ3v) is 12.2. The lowest BCUT2D eigenvalue weighted by Gasteiger charge is -2.28. The first-order chi connectivity index (χ1) is 32.0. The Morgan fingerprint density at radius 2 is 0.864 bits per heavy atom. The van der Waals surface area contributed by atoms with Crippen molar-refractivity contribution in [1.29, 1.82) is 0 Å². The van der Waals surface area contributed by atoms with Gasteiger partial charge in [0.2, 0.25) is 0 Å². The van der Waals surface area contributed by atoms with E-state index < -0.39 is 26.5 Å². The minimum atomic E-state index is -4.64. The number of quaternary nitrogens is 1. The molecule has 0 bridgehead atoms. The molecule has 66 heavy (non-hydrogen) atoms. The Kier molecular flexibility index (Phi) is 45.7. The van der Waals surface area contributed by atoms with E-state index in [-0.39, 0.29) is 32.0 Å². The quantitative estimate of drug-likeness (QED) is 0.0195. The van der Waals surface area contributed by atoms with Crippen LogP contribution >= 0.6 is 7.82 Å². The molecule has 0 aliphatic heterocycles. The number of carbonyl (C=O) groups excluding carboxylic acids is 2. The Bertz CT molecular complexity index is 1350. The number of likely N-dealkylation sites (N-methyl/N-ethyl adjacent to an activating group) is 1. The average molecular weight is 946 g/mol. The first kappa shape index (κ1) is 63.5. The SMILES string of the molecule is CC/C=C\C/C=C\C/C=C\C/C=C\CCCCCCCCCCCCC(=O)OC(COC(=O)CCCCCCCCCCC/C=C\C/C=C\CCCCC)COP(=O)([O-])OCC[N+](C)(C)C. The van der Waals surface area contributed by atoms with Crippen LogP contribution in [0.25, 0.3) is 0 Å². The van der Waals surface area contributed by atoms with Gasteiger partial charge in [-0.3, -0.25) is 14.2 Å². The van der Waals surface area contributed by atoms with Gasteiger partial charge in [0.1, 0.15) is 19.8 Å². The summed E-state index contributed by atoms with van der Waals surface area (Å²) >= 11 is 0. The summed E-state index contributed by atoms with van der Waals surface area (Å²) < 4.78 is 34.1. The van der Waals surface area contributed by atoms with E-state index in [0.29, 0.717) is 17.4 Å². The van der Waals surface area contributed by atoms with Crippen molar-refractivity contribution in [3.05, 3.63) is 72.9 Å². The molecule has 0 aliphatic carbocycles. The number of phosphoric ester groups is 1. The van der Waals surface area contributed by atoms with E-state index in [1.165, 1.54) is 96.3 Å². The number of nitrogens with zero attached hydrogens (tertiary/aromatic N) is 1. The molecule has 2 unspecified atom stereocenters. The average Bonchev–Trinajstić information content (AvgIpc) is 3.27. The first-order valence-corrected chi connectivity index (χ1v) is 28.1. The van der Waals surface area contributed by atoms with Gasteiger partial charge < -0.3 is 27.9 Å². The van der Waals surface area contributed by atoms with Crippen LogP contribution in [0.2, 0.25) is 0 Å². The van der Waals surface area contributed by atoms with Gasteiger partial charge >= 0.3 is 11.9 Å². The van der Waals surface area contributed by atoms with Crippen molar-refractivity contribution in [1.82, 2.24) is 0 Å². The number of hydrogen-bond donors (Lipinski definition) is 0. The summed E-state index contributed by atoms with van der Waals surface area (Å²) in [7, 11) is 1.15. The molecule has 0 rings (SSSR count). The van der Waals surface area contributed by atoms with Crippen LogP contribution < -0.4 is 4.89 Å². The Labute approximate surface area is 406 Å². The normalized spacial score (nSPS) is 14.0. The van der Waals surface area contributed by atoms with Gasteiger partial charge in [-0.05, 0) is 83.5 Å². The van der Waals surface area contributed by atoms with Crippen molar-refractivity contribution in [2.75, 3.05) is 47.5 Å². The highest BCUT2D eigenvalue weighted by molar-refractivity contribution is 7.45. The molecule has 0 amide bonds. The summed E-state index contributed by atoms with van der Waals surface area (Å²) in [5.74, 6) is -0.843. The zero-order chi connectivity index (χ0) is 48.5. The van der Waals surface area contributed by atoms with Crippen molar-refractivity contribution >= 4 is 19.8 Å². The third kappa shape index (κ3) is 50.9. The zero-order valence-corrected chi connectivity index (χ0v) is 44.0. The topological polar surface area (TPSA) is 111 Å². The molecule has 10 heteroatoms. The van der Waals surface area contributed by atoms with Gasteiger partial charge in [-0.15, -0.1) is 0 Å². The van der Waals surface area contributed by atoms with E-state index in [1.54, 1.807) is 0 Å². The molecule has 2 atom stereocenters. The largest absolute Gasteiger partial charge is 0.756 e. The van der Waals surface area contributed by atoms with Gasteiger partial charge in [-0.1, -0.05) is 196 Å². The number of esters is 2. The van der Waals surface area contributed by atoms with E-state index in [2.05, 4.69) is 86.8 Å². The summed E-state index contributed by atoms with van der Waals surface area (Å²) in [6.07, 6.45) is 60.7. The highest BCUT2D eigenvalue weighted by Gasteiger charge is 2.21. The number of ether oxygens (including phenoxy) is 2. The van der Waals surface area contributed by atoms with Gasteiger partial charge in [-0.2, -0.15) is 0 Å². The molecule has 0 radical (unpaired) electrons. The van der Waals surface area contributed by atoms with Gasteiger partial charge in [-0.25, -0.2) is 0 Å². The minimum Gasteiger partial charge on any atom is -0.756 e. The lowest BCUT2D eigenvalue weighted by atomic mass is 10.0. The van der Waals surface area contributed by atoms with Crippen LogP contribution in [0.1, 0.15) is 219 Å². The van der Waals surface area contributed by atoms with Gasteiger partial charge in [0.25, 0.3) is 7.82 Å². The van der Waals surface area contributed by atoms with Gasteiger partial charge in [0.05, 0.1) is 27.7 Å². The molecule has 9 nitrogen and oxygen atoms in total. The first-order valence-electron chi connectivity index (χ1n) is 26.6. The van der Waals surface area contributed by atoms with E-state index in [9.17, 15) is 19.0 Å². The molecule has 0 aliphatic rings. The molecule has 0 heterocycles. The molecule has 0 aromatic carbocycles. The highest BCUT2D eigenvalue weighted by Crippen LogP contribution is 2.38. The number of allylic oxidation sites excluding steroid dienone is 12. The van der Waals surface area contributed by atoms with E-state index in [4.69, 9.17) is 18.5 Å². The Morgan fingerprint density at radius 3 is 1.29 bits per heavy atom. The number of unbranched alkanes of at least 4 members (excludes halogenated alkanes) is 22. The summed E-state index contributed by atoms with van der Waals surface area (Å²) in [5.41, 5.74) is 0. The number of carbonyl (C=O) groups is 2. The van der Waals surface area contributed by atoms with E-state index in [1.807, 2.05) is 21.1 Å². The summed E-state index contributed by atoms with van der Waals surface area (Å²) in [5, 5.41) is 0. The maximum Gasteiger partial charge on any atom is 0.306 e. The number of hydrogen-bond acceptors (Lipinski definition) is 8. The van der Waals surface area contributed by atoms with Crippen molar-refractivity contribution in [3.63, 3.8) is 0 Å². The molecule has 0 fully saturated rings. The second kappa shape index (κ2) is 47.5. The predicted molar refractivity (Wildman–Crippen MR) is 277 cm³/mol. The molecule has 0 spiro atoms. The summed E-state index contributed by atoms with van der Waals surface area (Å²) in [4.78, 5) is 37.8. The van der Waals surface area contributed by atoms with Crippen molar-refractivity contribution in [2.45, 2.75) is 225 Å². The van der Waals surface area contributed by atoms with Crippen LogP contribution in [0.15, 0.2) is 72.9 Å². The standard InChI is InChI=1S/C56H100NO8P/c1-6-8-10-12-14-16-18-20-22-24-26-27-28-29-31-33-35-37-39-41-43-45-47-49-56(59)65-54(53-64-66(60,61)63-51-50-57(3,4)5)52-62-55(58)48-46-44-42-40-38-36-34-32-30-25-23-21-19-17-15-13-11-9-7-2/h8,10,14-17,20-23,26-27,54H,6-7,9,11-13,18-19,24-25,28-53H2,1-5H3/b10-8-,16-14-,17-15-,22-20-,23-21-,27-26-. The molecule has 0 saturated carbocycles. The van der Waals surface area contributed by atoms with Crippen LogP contribution in [0.4, 0.5) is 0 Å².